The summed E-state index contributed by atoms with van der Waals surface area (Å²) in [6.07, 6.45) is 1.29. The molecule has 0 unspecified atom stereocenters. The molecule has 1 aromatic carbocycles. The fourth-order valence-corrected chi connectivity index (χ4v) is 1.30. The van der Waals surface area contributed by atoms with Crippen LogP contribution in [-0.2, 0) is 14.4 Å². The minimum Gasteiger partial charge on any atom is -0.365 e. The van der Waals surface area contributed by atoms with Crippen molar-refractivity contribution in [2.24, 2.45) is 11.5 Å². The van der Waals surface area contributed by atoms with Crippen LogP contribution in [0.4, 0.5) is 5.69 Å². The van der Waals surface area contributed by atoms with E-state index in [1.165, 1.54) is 13.0 Å². The van der Waals surface area contributed by atoms with E-state index in [4.69, 9.17) is 11.5 Å². The van der Waals surface area contributed by atoms with Crippen LogP contribution in [0.2, 0.25) is 0 Å². The molecule has 0 bridgehead atoms. The lowest BCUT2D eigenvalue weighted by Gasteiger charge is -2.02. The van der Waals surface area contributed by atoms with Crippen molar-refractivity contribution < 1.29 is 14.4 Å². The summed E-state index contributed by atoms with van der Waals surface area (Å²) in [7, 11) is 0. The summed E-state index contributed by atoms with van der Waals surface area (Å²) >= 11 is 0. The van der Waals surface area contributed by atoms with Gasteiger partial charge in [0, 0.05) is 12.6 Å². The molecule has 0 heterocycles. The SMILES string of the molecule is CC(=O)Nc1ccc(C=C(C(N)=O)C(N)=O)cc1. The Morgan fingerprint density at radius 2 is 1.56 bits per heavy atom. The molecule has 0 aliphatic heterocycles. The monoisotopic (exact) mass is 247 g/mol. The lowest BCUT2D eigenvalue weighted by Crippen LogP contribution is -2.25. The van der Waals surface area contributed by atoms with Crippen molar-refractivity contribution in [2.75, 3.05) is 5.32 Å². The topological polar surface area (TPSA) is 115 Å². The molecule has 6 nitrogen and oxygen atoms in total. The summed E-state index contributed by atoms with van der Waals surface area (Å²) in [5.74, 6) is -1.95. The van der Waals surface area contributed by atoms with Crippen molar-refractivity contribution in [2.45, 2.75) is 6.92 Å². The van der Waals surface area contributed by atoms with Gasteiger partial charge in [0.1, 0.15) is 5.57 Å². The van der Waals surface area contributed by atoms with Gasteiger partial charge in [-0.1, -0.05) is 12.1 Å². The first-order chi connectivity index (χ1) is 8.40. The minimum atomic E-state index is -0.881. The molecule has 0 saturated heterocycles. The maximum atomic E-state index is 11.0. The number of primary amides is 2. The molecular weight excluding hydrogens is 234 g/mol. The lowest BCUT2D eigenvalue weighted by molar-refractivity contribution is -0.120. The van der Waals surface area contributed by atoms with Crippen molar-refractivity contribution in [1.29, 1.82) is 0 Å². The minimum absolute atomic E-state index is 0.187. The Morgan fingerprint density at radius 1 is 1.06 bits per heavy atom. The summed E-state index contributed by atoms with van der Waals surface area (Å²) in [4.78, 5) is 32.7. The Balaban J connectivity index is 2.98. The van der Waals surface area contributed by atoms with Gasteiger partial charge in [-0.2, -0.15) is 0 Å². The van der Waals surface area contributed by atoms with Crippen LogP contribution in [0.5, 0.6) is 0 Å². The van der Waals surface area contributed by atoms with E-state index in [9.17, 15) is 14.4 Å². The number of benzene rings is 1. The number of nitrogens with two attached hydrogens (primary N) is 2. The highest BCUT2D eigenvalue weighted by Crippen LogP contribution is 2.12. The largest absolute Gasteiger partial charge is 0.365 e. The Kier molecular flexibility index (Phi) is 4.20. The van der Waals surface area contributed by atoms with Crippen LogP contribution < -0.4 is 16.8 Å². The first-order valence-corrected chi connectivity index (χ1v) is 5.09. The van der Waals surface area contributed by atoms with Gasteiger partial charge in [-0.15, -0.1) is 0 Å². The highest BCUT2D eigenvalue weighted by Gasteiger charge is 2.11. The molecule has 94 valence electrons. The average Bonchev–Trinajstić information content (AvgIpc) is 2.26. The first-order valence-electron chi connectivity index (χ1n) is 5.09. The number of hydrogen-bond donors (Lipinski definition) is 3. The number of carbonyl (C=O) groups excluding carboxylic acids is 3. The van der Waals surface area contributed by atoms with Crippen LogP contribution in [0.25, 0.3) is 6.08 Å². The first kappa shape index (κ1) is 13.4. The van der Waals surface area contributed by atoms with Gasteiger partial charge < -0.3 is 16.8 Å². The van der Waals surface area contributed by atoms with E-state index < -0.39 is 11.8 Å². The zero-order chi connectivity index (χ0) is 13.7. The number of nitrogens with one attached hydrogen (secondary N) is 1. The zero-order valence-electron chi connectivity index (χ0n) is 9.77. The summed E-state index contributed by atoms with van der Waals surface area (Å²) in [6, 6.07) is 6.51. The Labute approximate surface area is 104 Å². The van der Waals surface area contributed by atoms with E-state index >= 15 is 0 Å². The second kappa shape index (κ2) is 5.62. The number of carbonyl (C=O) groups is 3. The summed E-state index contributed by atoms with van der Waals surface area (Å²) in [6.45, 7) is 1.39. The third-order valence-corrected chi connectivity index (χ3v) is 2.07. The predicted octanol–water partition coefficient (Wildman–Crippen LogP) is -0.001000. The van der Waals surface area contributed by atoms with Crippen molar-refractivity contribution in [3.05, 3.63) is 35.4 Å². The standard InChI is InChI=1S/C12H13N3O3/c1-7(16)15-9-4-2-8(3-5-9)6-10(11(13)17)12(14)18/h2-6H,1H3,(H2,13,17)(H2,14,18)(H,15,16). The van der Waals surface area contributed by atoms with Gasteiger partial charge in [0.05, 0.1) is 0 Å². The Hall–Kier alpha value is -2.63. The molecule has 0 atom stereocenters. The Bertz CT molecular complexity index is 502. The molecule has 0 radical (unpaired) electrons. The second-order valence-electron chi connectivity index (χ2n) is 3.59. The number of amides is 3. The molecular formula is C12H13N3O3. The fraction of sp³-hybridized carbons (Fsp3) is 0.0833. The van der Waals surface area contributed by atoms with E-state index in [1.807, 2.05) is 0 Å². The molecule has 0 saturated carbocycles. The predicted molar refractivity (Wildman–Crippen MR) is 67.1 cm³/mol. The van der Waals surface area contributed by atoms with E-state index in [1.54, 1.807) is 24.3 Å². The molecule has 1 rings (SSSR count). The van der Waals surface area contributed by atoms with E-state index in [-0.39, 0.29) is 11.5 Å². The van der Waals surface area contributed by atoms with E-state index in [0.717, 1.165) is 0 Å². The number of rotatable bonds is 4. The summed E-state index contributed by atoms with van der Waals surface area (Å²) in [5.41, 5.74) is 10.9. The van der Waals surface area contributed by atoms with Crippen molar-refractivity contribution in [3.8, 4) is 0 Å². The molecule has 0 aliphatic carbocycles. The highest BCUT2D eigenvalue weighted by molar-refractivity contribution is 6.20. The molecule has 18 heavy (non-hydrogen) atoms. The molecule has 0 aromatic heterocycles. The van der Waals surface area contributed by atoms with Gasteiger partial charge in [0.25, 0.3) is 11.8 Å². The van der Waals surface area contributed by atoms with Crippen LogP contribution >= 0.6 is 0 Å². The van der Waals surface area contributed by atoms with E-state index in [2.05, 4.69) is 5.32 Å². The van der Waals surface area contributed by atoms with Crippen molar-refractivity contribution >= 4 is 29.5 Å². The van der Waals surface area contributed by atoms with Gasteiger partial charge in [-0.05, 0) is 23.8 Å². The maximum absolute atomic E-state index is 11.0. The average molecular weight is 247 g/mol. The fourth-order valence-electron chi connectivity index (χ4n) is 1.30. The van der Waals surface area contributed by atoms with Crippen LogP contribution in [0.3, 0.4) is 0 Å². The second-order valence-corrected chi connectivity index (χ2v) is 3.59. The van der Waals surface area contributed by atoms with Crippen LogP contribution in [0.15, 0.2) is 29.8 Å². The number of anilines is 1. The van der Waals surface area contributed by atoms with Gasteiger partial charge >= 0.3 is 0 Å². The highest BCUT2D eigenvalue weighted by atomic mass is 16.2. The molecule has 0 fully saturated rings. The maximum Gasteiger partial charge on any atom is 0.254 e. The molecule has 0 spiro atoms. The molecule has 5 N–H and O–H groups in total. The summed E-state index contributed by atoms with van der Waals surface area (Å²) < 4.78 is 0. The van der Waals surface area contributed by atoms with E-state index in [0.29, 0.717) is 11.3 Å². The van der Waals surface area contributed by atoms with Crippen LogP contribution in [0, 0.1) is 0 Å². The van der Waals surface area contributed by atoms with Crippen molar-refractivity contribution in [1.82, 2.24) is 0 Å². The lowest BCUT2D eigenvalue weighted by atomic mass is 10.1. The molecule has 0 aliphatic rings. The van der Waals surface area contributed by atoms with Gasteiger partial charge in [0.2, 0.25) is 5.91 Å². The normalized spacial score (nSPS) is 9.39. The van der Waals surface area contributed by atoms with Crippen LogP contribution in [0.1, 0.15) is 12.5 Å². The smallest absolute Gasteiger partial charge is 0.254 e. The molecule has 1 aromatic rings. The third kappa shape index (κ3) is 3.75. The third-order valence-electron chi connectivity index (χ3n) is 2.07. The van der Waals surface area contributed by atoms with Gasteiger partial charge in [-0.3, -0.25) is 14.4 Å². The zero-order valence-corrected chi connectivity index (χ0v) is 9.77. The van der Waals surface area contributed by atoms with Crippen LogP contribution in [-0.4, -0.2) is 17.7 Å². The summed E-state index contributed by atoms with van der Waals surface area (Å²) in [5, 5.41) is 2.59. The van der Waals surface area contributed by atoms with Gasteiger partial charge in [-0.25, -0.2) is 0 Å². The molecule has 3 amide bonds. The quantitative estimate of drug-likeness (QED) is 0.395. The van der Waals surface area contributed by atoms with Crippen molar-refractivity contribution in [3.63, 3.8) is 0 Å². The number of hydrogen-bond acceptors (Lipinski definition) is 3. The van der Waals surface area contributed by atoms with Gasteiger partial charge in [0.15, 0.2) is 0 Å². The molecule has 6 heteroatoms. The Morgan fingerprint density at radius 3 is 1.94 bits per heavy atom.